The smallest absolute Gasteiger partial charge is 0.227 e. The van der Waals surface area contributed by atoms with Crippen LogP contribution in [0.15, 0.2) is 12.1 Å². The third-order valence-corrected chi connectivity index (χ3v) is 4.78. The highest BCUT2D eigenvalue weighted by atomic mass is 79.9. The molecule has 0 saturated carbocycles. The molecule has 0 N–H and O–H groups in total. The van der Waals surface area contributed by atoms with E-state index in [-0.39, 0.29) is 5.91 Å². The molecule has 0 spiro atoms. The summed E-state index contributed by atoms with van der Waals surface area (Å²) < 4.78 is 0. The summed E-state index contributed by atoms with van der Waals surface area (Å²) in [7, 11) is 0. The highest BCUT2D eigenvalue weighted by Crippen LogP contribution is 2.33. The van der Waals surface area contributed by atoms with Gasteiger partial charge in [0, 0.05) is 24.0 Å². The maximum Gasteiger partial charge on any atom is 0.227 e. The van der Waals surface area contributed by atoms with Crippen LogP contribution in [-0.4, -0.2) is 17.8 Å². The molecule has 3 heteroatoms. The Kier molecular flexibility index (Phi) is 4.67. The first-order valence-electron chi connectivity index (χ1n) is 7.09. The molecule has 1 aliphatic heterocycles. The number of hydrogen-bond donors (Lipinski definition) is 0. The first kappa shape index (κ1) is 14.6. The minimum absolute atomic E-state index is 0.276. The molecule has 1 aliphatic rings. The van der Waals surface area contributed by atoms with Crippen LogP contribution in [0.1, 0.15) is 37.0 Å². The topological polar surface area (TPSA) is 20.3 Å². The van der Waals surface area contributed by atoms with E-state index in [2.05, 4.69) is 48.8 Å². The van der Waals surface area contributed by atoms with Crippen molar-refractivity contribution in [2.75, 3.05) is 16.8 Å². The average molecular weight is 324 g/mol. The molecule has 0 aliphatic carbocycles. The number of nitrogens with zero attached hydrogens (tertiary/aromatic N) is 1. The lowest BCUT2D eigenvalue weighted by Crippen LogP contribution is -2.27. The maximum atomic E-state index is 12.3. The van der Waals surface area contributed by atoms with Crippen LogP contribution in [-0.2, 0) is 17.6 Å². The van der Waals surface area contributed by atoms with Gasteiger partial charge in [-0.05, 0) is 36.8 Å². The van der Waals surface area contributed by atoms with E-state index in [0.29, 0.717) is 12.3 Å². The molecule has 1 aromatic carbocycles. The molecule has 0 aromatic heterocycles. The van der Waals surface area contributed by atoms with Crippen molar-refractivity contribution in [2.45, 2.75) is 40.0 Å². The largest absolute Gasteiger partial charge is 0.312 e. The number of rotatable bonds is 4. The lowest BCUT2D eigenvalue weighted by atomic mass is 9.99. The van der Waals surface area contributed by atoms with Crippen molar-refractivity contribution >= 4 is 27.5 Å². The van der Waals surface area contributed by atoms with Crippen molar-refractivity contribution in [2.24, 2.45) is 5.92 Å². The molecule has 2 nitrogen and oxygen atoms in total. The van der Waals surface area contributed by atoms with Gasteiger partial charge in [0.15, 0.2) is 0 Å². The fourth-order valence-electron chi connectivity index (χ4n) is 2.92. The first-order valence-corrected chi connectivity index (χ1v) is 8.21. The maximum absolute atomic E-state index is 12.3. The Morgan fingerprint density at radius 2 is 1.84 bits per heavy atom. The van der Waals surface area contributed by atoms with Gasteiger partial charge in [0.1, 0.15) is 0 Å². The van der Waals surface area contributed by atoms with Gasteiger partial charge in [-0.15, -0.1) is 0 Å². The van der Waals surface area contributed by atoms with Crippen molar-refractivity contribution in [3.05, 3.63) is 28.8 Å². The fourth-order valence-corrected chi connectivity index (χ4v) is 3.35. The molecule has 1 aromatic rings. The summed E-state index contributed by atoms with van der Waals surface area (Å²) in [6.07, 6.45) is 2.63. The molecule has 1 unspecified atom stereocenters. The molecule has 19 heavy (non-hydrogen) atoms. The Morgan fingerprint density at radius 1 is 1.26 bits per heavy atom. The molecule has 1 fully saturated rings. The van der Waals surface area contributed by atoms with E-state index < -0.39 is 0 Å². The van der Waals surface area contributed by atoms with Crippen molar-refractivity contribution in [1.29, 1.82) is 0 Å². The normalized spacial score (nSPS) is 19.3. The monoisotopic (exact) mass is 323 g/mol. The second-order valence-electron chi connectivity index (χ2n) is 5.37. The zero-order valence-corrected chi connectivity index (χ0v) is 13.6. The van der Waals surface area contributed by atoms with Gasteiger partial charge in [0.2, 0.25) is 5.91 Å². The first-order chi connectivity index (χ1) is 9.10. The third-order valence-electron chi connectivity index (χ3n) is 3.87. The van der Waals surface area contributed by atoms with Crippen molar-refractivity contribution < 1.29 is 4.79 Å². The van der Waals surface area contributed by atoms with E-state index in [4.69, 9.17) is 0 Å². The Labute approximate surface area is 124 Å². The van der Waals surface area contributed by atoms with Crippen LogP contribution in [0.4, 0.5) is 5.69 Å². The summed E-state index contributed by atoms with van der Waals surface area (Å²) in [5, 5.41) is 0.907. The van der Waals surface area contributed by atoms with Crippen molar-refractivity contribution in [1.82, 2.24) is 0 Å². The van der Waals surface area contributed by atoms with Gasteiger partial charge in [-0.25, -0.2) is 0 Å². The van der Waals surface area contributed by atoms with E-state index in [0.717, 1.165) is 24.7 Å². The molecular weight excluding hydrogens is 302 g/mol. The SMILES string of the molecule is CCc1cc(C)cc(CC)c1N1CC(CBr)CC1=O. The van der Waals surface area contributed by atoms with Gasteiger partial charge in [-0.2, -0.15) is 0 Å². The summed E-state index contributed by atoms with van der Waals surface area (Å²) in [5.74, 6) is 0.723. The highest BCUT2D eigenvalue weighted by Gasteiger charge is 2.32. The Balaban J connectivity index is 2.46. The number of carbonyl (C=O) groups is 1. The van der Waals surface area contributed by atoms with E-state index in [1.54, 1.807) is 0 Å². The third kappa shape index (κ3) is 2.86. The second-order valence-corrected chi connectivity index (χ2v) is 6.02. The van der Waals surface area contributed by atoms with Crippen LogP contribution in [0, 0.1) is 12.8 Å². The van der Waals surface area contributed by atoms with Gasteiger partial charge in [-0.1, -0.05) is 47.5 Å². The minimum atomic E-state index is 0.276. The summed E-state index contributed by atoms with van der Waals surface area (Å²) in [6.45, 7) is 7.32. The fraction of sp³-hybridized carbons (Fsp3) is 0.562. The molecule has 1 atom stereocenters. The molecule has 0 radical (unpaired) electrons. The van der Waals surface area contributed by atoms with Crippen LogP contribution in [0.2, 0.25) is 0 Å². The highest BCUT2D eigenvalue weighted by molar-refractivity contribution is 9.09. The number of amides is 1. The minimum Gasteiger partial charge on any atom is -0.312 e. The predicted octanol–water partition coefficient (Wildman–Crippen LogP) is 3.87. The molecule has 1 amide bonds. The molecule has 1 heterocycles. The number of anilines is 1. The van der Waals surface area contributed by atoms with Gasteiger partial charge in [0.05, 0.1) is 0 Å². The molecule has 0 bridgehead atoms. The van der Waals surface area contributed by atoms with E-state index in [1.165, 1.54) is 22.4 Å². The van der Waals surface area contributed by atoms with E-state index in [1.807, 2.05) is 4.90 Å². The molecule has 2 rings (SSSR count). The molecular formula is C16H22BrNO. The second kappa shape index (κ2) is 6.08. The van der Waals surface area contributed by atoms with Crippen LogP contribution >= 0.6 is 15.9 Å². The summed E-state index contributed by atoms with van der Waals surface area (Å²) >= 11 is 3.51. The van der Waals surface area contributed by atoms with Crippen LogP contribution in [0.3, 0.4) is 0 Å². The zero-order valence-electron chi connectivity index (χ0n) is 12.0. The van der Waals surface area contributed by atoms with Crippen LogP contribution in [0.5, 0.6) is 0 Å². The number of carbonyl (C=O) groups excluding carboxylic acids is 1. The standard InChI is InChI=1S/C16H22BrNO/c1-4-13-6-11(3)7-14(5-2)16(13)18-10-12(9-17)8-15(18)19/h6-7,12H,4-5,8-10H2,1-3H3. The summed E-state index contributed by atoms with van der Waals surface area (Å²) in [4.78, 5) is 14.3. The Hall–Kier alpha value is -0.830. The number of aryl methyl sites for hydroxylation is 3. The average Bonchev–Trinajstić information content (AvgIpc) is 2.78. The Morgan fingerprint density at radius 3 is 2.26 bits per heavy atom. The van der Waals surface area contributed by atoms with Gasteiger partial charge < -0.3 is 4.90 Å². The van der Waals surface area contributed by atoms with Gasteiger partial charge in [-0.3, -0.25) is 4.79 Å². The van der Waals surface area contributed by atoms with Crippen molar-refractivity contribution in [3.8, 4) is 0 Å². The Bertz CT molecular complexity index is 459. The van der Waals surface area contributed by atoms with Crippen molar-refractivity contribution in [3.63, 3.8) is 0 Å². The number of hydrogen-bond acceptors (Lipinski definition) is 1. The predicted molar refractivity (Wildman–Crippen MR) is 84.2 cm³/mol. The lowest BCUT2D eigenvalue weighted by Gasteiger charge is -2.24. The molecule has 104 valence electrons. The number of alkyl halides is 1. The van der Waals surface area contributed by atoms with Crippen LogP contribution in [0.25, 0.3) is 0 Å². The van der Waals surface area contributed by atoms with E-state index >= 15 is 0 Å². The zero-order chi connectivity index (χ0) is 14.0. The van der Waals surface area contributed by atoms with Gasteiger partial charge >= 0.3 is 0 Å². The molecule has 1 saturated heterocycles. The number of benzene rings is 1. The quantitative estimate of drug-likeness (QED) is 0.770. The summed E-state index contributed by atoms with van der Waals surface area (Å²) in [6, 6.07) is 4.45. The van der Waals surface area contributed by atoms with Crippen LogP contribution < -0.4 is 4.90 Å². The van der Waals surface area contributed by atoms with Gasteiger partial charge in [0.25, 0.3) is 0 Å². The summed E-state index contributed by atoms with van der Waals surface area (Å²) in [5.41, 5.74) is 5.09. The number of halogens is 1. The van der Waals surface area contributed by atoms with E-state index in [9.17, 15) is 4.79 Å². The lowest BCUT2D eigenvalue weighted by molar-refractivity contribution is -0.117.